The molecule has 1 aromatic rings. The van der Waals surface area contributed by atoms with Crippen molar-refractivity contribution in [2.24, 2.45) is 5.92 Å². The number of likely N-dealkylation sites (N-methyl/N-ethyl adjacent to an activating group) is 1. The summed E-state index contributed by atoms with van der Waals surface area (Å²) in [5.41, 5.74) is 1.45. The fourth-order valence-electron chi connectivity index (χ4n) is 3.85. The van der Waals surface area contributed by atoms with Crippen molar-refractivity contribution in [1.82, 2.24) is 0 Å². The molecule has 1 aliphatic carbocycles. The number of anilines is 2. The van der Waals surface area contributed by atoms with Crippen LogP contribution in [0, 0.1) is 5.92 Å². The zero-order valence-electron chi connectivity index (χ0n) is 15.2. The van der Waals surface area contributed by atoms with Gasteiger partial charge in [-0.05, 0) is 44.4 Å². The number of hydrogen-bond donors (Lipinski definition) is 1. The van der Waals surface area contributed by atoms with Gasteiger partial charge in [-0.3, -0.25) is 9.59 Å². The van der Waals surface area contributed by atoms with Gasteiger partial charge in [0.15, 0.2) is 6.10 Å². The van der Waals surface area contributed by atoms with Gasteiger partial charge in [-0.25, -0.2) is 0 Å². The Kier molecular flexibility index (Phi) is 5.61. The Morgan fingerprint density at radius 1 is 1.28 bits per heavy atom. The second-order valence-electron chi connectivity index (χ2n) is 7.12. The van der Waals surface area contributed by atoms with Gasteiger partial charge in [0, 0.05) is 18.7 Å². The van der Waals surface area contributed by atoms with Crippen molar-refractivity contribution in [3.8, 4) is 5.75 Å². The molecule has 25 heavy (non-hydrogen) atoms. The van der Waals surface area contributed by atoms with Crippen molar-refractivity contribution in [2.45, 2.75) is 64.9 Å². The Bertz CT molecular complexity index is 638. The van der Waals surface area contributed by atoms with Gasteiger partial charge < -0.3 is 15.0 Å². The number of nitrogens with one attached hydrogen (secondary N) is 1. The van der Waals surface area contributed by atoms with Crippen molar-refractivity contribution in [3.63, 3.8) is 0 Å². The summed E-state index contributed by atoms with van der Waals surface area (Å²) < 4.78 is 5.66. The molecule has 136 valence electrons. The van der Waals surface area contributed by atoms with Gasteiger partial charge in [-0.2, -0.15) is 0 Å². The number of hydrogen-bond acceptors (Lipinski definition) is 3. The van der Waals surface area contributed by atoms with E-state index in [0.29, 0.717) is 24.6 Å². The molecule has 3 rings (SSSR count). The molecule has 2 aliphatic rings. The van der Waals surface area contributed by atoms with Crippen LogP contribution in [0.15, 0.2) is 18.2 Å². The Labute approximate surface area is 149 Å². The smallest absolute Gasteiger partial charge is 0.267 e. The van der Waals surface area contributed by atoms with Crippen molar-refractivity contribution >= 4 is 23.2 Å². The molecule has 1 heterocycles. The molecule has 2 amide bonds. The monoisotopic (exact) mass is 344 g/mol. The van der Waals surface area contributed by atoms with E-state index < -0.39 is 6.10 Å². The molecule has 1 saturated carbocycles. The molecular weight excluding hydrogens is 316 g/mol. The highest BCUT2D eigenvalue weighted by molar-refractivity contribution is 6.01. The van der Waals surface area contributed by atoms with Crippen LogP contribution in [0.3, 0.4) is 0 Å². The molecule has 0 radical (unpaired) electrons. The summed E-state index contributed by atoms with van der Waals surface area (Å²) in [5.74, 6) is 1.39. The molecule has 5 heteroatoms. The number of amides is 2. The molecule has 1 N–H and O–H groups in total. The van der Waals surface area contributed by atoms with Gasteiger partial charge in [0.25, 0.3) is 5.91 Å². The van der Waals surface area contributed by atoms with Crippen LogP contribution in [0.25, 0.3) is 0 Å². The molecule has 0 spiro atoms. The Balaban J connectivity index is 1.62. The van der Waals surface area contributed by atoms with Crippen molar-refractivity contribution in [1.29, 1.82) is 0 Å². The third-order valence-electron chi connectivity index (χ3n) is 5.27. The second-order valence-corrected chi connectivity index (χ2v) is 7.12. The molecule has 1 atom stereocenters. The summed E-state index contributed by atoms with van der Waals surface area (Å²) in [6, 6.07) is 5.51. The number of ether oxygens (including phenoxy) is 1. The molecule has 0 bridgehead atoms. The average molecular weight is 344 g/mol. The van der Waals surface area contributed by atoms with Crippen LogP contribution in [0.5, 0.6) is 5.75 Å². The molecule has 1 aliphatic heterocycles. The standard InChI is InChI=1S/C20H28N2O3/c1-3-22-17-13-16(10-11-18(17)25-14(2)20(22)24)21-19(23)12-9-15-7-5-4-6-8-15/h10-11,13-15H,3-9,12H2,1-2H3,(H,21,23). The lowest BCUT2D eigenvalue weighted by atomic mass is 9.86. The van der Waals surface area contributed by atoms with Crippen LogP contribution in [-0.2, 0) is 9.59 Å². The van der Waals surface area contributed by atoms with E-state index in [1.54, 1.807) is 11.8 Å². The molecule has 1 aromatic carbocycles. The van der Waals surface area contributed by atoms with Crippen LogP contribution in [-0.4, -0.2) is 24.5 Å². The van der Waals surface area contributed by atoms with E-state index >= 15 is 0 Å². The maximum absolute atomic E-state index is 12.3. The third kappa shape index (κ3) is 4.14. The molecule has 5 nitrogen and oxygen atoms in total. The average Bonchev–Trinajstić information content (AvgIpc) is 2.62. The largest absolute Gasteiger partial charge is 0.479 e. The number of nitrogens with zero attached hydrogens (tertiary/aromatic N) is 1. The Morgan fingerprint density at radius 2 is 2.04 bits per heavy atom. The normalized spacial score (nSPS) is 20.8. The zero-order valence-corrected chi connectivity index (χ0v) is 15.2. The summed E-state index contributed by atoms with van der Waals surface area (Å²) in [5, 5.41) is 2.97. The molecular formula is C20H28N2O3. The van der Waals surface area contributed by atoms with Crippen LogP contribution < -0.4 is 15.0 Å². The first-order chi connectivity index (χ1) is 12.1. The highest BCUT2D eigenvalue weighted by Crippen LogP contribution is 2.36. The molecule has 1 unspecified atom stereocenters. The fourth-order valence-corrected chi connectivity index (χ4v) is 3.85. The lowest BCUT2D eigenvalue weighted by Crippen LogP contribution is -2.44. The van der Waals surface area contributed by atoms with E-state index in [1.165, 1.54) is 32.1 Å². The number of benzene rings is 1. The minimum absolute atomic E-state index is 0.0456. The summed E-state index contributed by atoms with van der Waals surface area (Å²) in [6.45, 7) is 4.28. The van der Waals surface area contributed by atoms with Crippen molar-refractivity contribution in [2.75, 3.05) is 16.8 Å². The van der Waals surface area contributed by atoms with Crippen LogP contribution >= 0.6 is 0 Å². The fraction of sp³-hybridized carbons (Fsp3) is 0.600. The van der Waals surface area contributed by atoms with Gasteiger partial charge in [0.2, 0.25) is 5.91 Å². The predicted octanol–water partition coefficient (Wildman–Crippen LogP) is 4.12. The number of rotatable bonds is 5. The Hall–Kier alpha value is -2.04. The first-order valence-corrected chi connectivity index (χ1v) is 9.50. The van der Waals surface area contributed by atoms with E-state index in [-0.39, 0.29) is 11.8 Å². The maximum atomic E-state index is 12.3. The minimum Gasteiger partial charge on any atom is -0.479 e. The van der Waals surface area contributed by atoms with E-state index in [9.17, 15) is 9.59 Å². The van der Waals surface area contributed by atoms with Gasteiger partial charge in [0.05, 0.1) is 5.69 Å². The maximum Gasteiger partial charge on any atom is 0.267 e. The number of carbonyl (C=O) groups is 2. The zero-order chi connectivity index (χ0) is 17.8. The van der Waals surface area contributed by atoms with Crippen LogP contribution in [0.1, 0.15) is 58.8 Å². The number of carbonyl (C=O) groups excluding carboxylic acids is 2. The van der Waals surface area contributed by atoms with Crippen LogP contribution in [0.2, 0.25) is 0 Å². The van der Waals surface area contributed by atoms with Crippen LogP contribution in [0.4, 0.5) is 11.4 Å². The first kappa shape index (κ1) is 17.8. The van der Waals surface area contributed by atoms with Crippen molar-refractivity contribution < 1.29 is 14.3 Å². The second kappa shape index (κ2) is 7.89. The third-order valence-corrected chi connectivity index (χ3v) is 5.27. The molecule has 0 saturated heterocycles. The lowest BCUT2D eigenvalue weighted by molar-refractivity contribution is -0.125. The van der Waals surface area contributed by atoms with Gasteiger partial charge >= 0.3 is 0 Å². The number of fused-ring (bicyclic) bond motifs is 1. The van der Waals surface area contributed by atoms with Gasteiger partial charge in [0.1, 0.15) is 5.75 Å². The summed E-state index contributed by atoms with van der Waals surface area (Å²) in [4.78, 5) is 26.2. The quantitative estimate of drug-likeness (QED) is 0.874. The predicted molar refractivity (Wildman–Crippen MR) is 99.0 cm³/mol. The highest BCUT2D eigenvalue weighted by Gasteiger charge is 2.30. The Morgan fingerprint density at radius 3 is 2.76 bits per heavy atom. The van der Waals surface area contributed by atoms with E-state index in [2.05, 4.69) is 5.32 Å². The van der Waals surface area contributed by atoms with E-state index in [4.69, 9.17) is 4.74 Å². The van der Waals surface area contributed by atoms with E-state index in [0.717, 1.165) is 17.8 Å². The van der Waals surface area contributed by atoms with Gasteiger partial charge in [-0.15, -0.1) is 0 Å². The van der Waals surface area contributed by atoms with Crippen molar-refractivity contribution in [3.05, 3.63) is 18.2 Å². The van der Waals surface area contributed by atoms with E-state index in [1.807, 2.05) is 25.1 Å². The topological polar surface area (TPSA) is 58.6 Å². The molecule has 1 fully saturated rings. The first-order valence-electron chi connectivity index (χ1n) is 9.50. The lowest BCUT2D eigenvalue weighted by Gasteiger charge is -2.32. The summed E-state index contributed by atoms with van der Waals surface area (Å²) in [6.07, 6.45) is 7.52. The molecule has 0 aromatic heterocycles. The highest BCUT2D eigenvalue weighted by atomic mass is 16.5. The SMILES string of the molecule is CCN1C(=O)C(C)Oc2ccc(NC(=O)CCC3CCCCC3)cc21. The minimum atomic E-state index is -0.469. The summed E-state index contributed by atoms with van der Waals surface area (Å²) in [7, 11) is 0. The van der Waals surface area contributed by atoms with Gasteiger partial charge in [-0.1, -0.05) is 32.1 Å². The summed E-state index contributed by atoms with van der Waals surface area (Å²) >= 11 is 0.